The van der Waals surface area contributed by atoms with E-state index in [1.807, 2.05) is 18.2 Å². The third-order valence-corrected chi connectivity index (χ3v) is 4.64. The van der Waals surface area contributed by atoms with Gasteiger partial charge in [-0.15, -0.1) is 11.3 Å². The molecule has 0 fully saturated rings. The summed E-state index contributed by atoms with van der Waals surface area (Å²) in [6.45, 7) is 4.23. The minimum atomic E-state index is 0.0355. The van der Waals surface area contributed by atoms with Crippen LogP contribution in [0.4, 0.5) is 0 Å². The minimum Gasteiger partial charge on any atom is -0.299 e. The predicted molar refractivity (Wildman–Crippen MR) is 81.9 cm³/mol. The first-order chi connectivity index (χ1) is 9.24. The highest BCUT2D eigenvalue weighted by atomic mass is 32.1. The van der Waals surface area contributed by atoms with Gasteiger partial charge in [-0.1, -0.05) is 44.2 Å². The predicted octanol–water partition coefficient (Wildman–Crippen LogP) is 4.62. The lowest BCUT2D eigenvalue weighted by molar-refractivity contribution is -0.119. The molecule has 2 rings (SSSR count). The molecule has 0 saturated heterocycles. The van der Waals surface area contributed by atoms with Crippen molar-refractivity contribution in [2.24, 2.45) is 0 Å². The summed E-state index contributed by atoms with van der Waals surface area (Å²) in [4.78, 5) is 15.0. The lowest BCUT2D eigenvalue weighted by Gasteiger charge is -2.13. The van der Waals surface area contributed by atoms with E-state index in [1.54, 1.807) is 11.3 Å². The summed E-state index contributed by atoms with van der Waals surface area (Å²) in [7, 11) is 0. The second-order valence-corrected chi connectivity index (χ2v) is 5.99. The number of ketones is 1. The number of benzene rings is 1. The fourth-order valence-corrected chi connectivity index (χ4v) is 3.30. The zero-order valence-electron chi connectivity index (χ0n) is 11.6. The third kappa shape index (κ3) is 3.54. The lowest BCUT2D eigenvalue weighted by Crippen LogP contribution is -2.13. The van der Waals surface area contributed by atoms with Crippen molar-refractivity contribution in [2.45, 2.75) is 39.0 Å². The molecular weight excluding hydrogens is 252 g/mol. The first kappa shape index (κ1) is 14.0. The Balaban J connectivity index is 2.09. The number of rotatable bonds is 6. The van der Waals surface area contributed by atoms with Crippen LogP contribution in [0.5, 0.6) is 0 Å². The van der Waals surface area contributed by atoms with Crippen molar-refractivity contribution < 1.29 is 4.79 Å². The van der Waals surface area contributed by atoms with Crippen molar-refractivity contribution in [3.63, 3.8) is 0 Å². The average Bonchev–Trinajstić information content (AvgIpc) is 2.88. The smallest absolute Gasteiger partial charge is 0.145 e. The first-order valence-electron chi connectivity index (χ1n) is 6.89. The molecular formula is C17H20OS. The van der Waals surface area contributed by atoms with Crippen molar-refractivity contribution in [3.8, 4) is 0 Å². The SMILES string of the molecule is CCc1ccc(CC(=O)C(CC)c2ccccc2)s1. The van der Waals surface area contributed by atoms with Gasteiger partial charge in [-0.3, -0.25) is 4.79 Å². The van der Waals surface area contributed by atoms with Gasteiger partial charge in [0.1, 0.15) is 5.78 Å². The number of hydrogen-bond acceptors (Lipinski definition) is 2. The highest BCUT2D eigenvalue weighted by Gasteiger charge is 2.19. The highest BCUT2D eigenvalue weighted by Crippen LogP contribution is 2.24. The molecule has 0 amide bonds. The van der Waals surface area contributed by atoms with Gasteiger partial charge < -0.3 is 0 Å². The van der Waals surface area contributed by atoms with Crippen LogP contribution in [0.3, 0.4) is 0 Å². The minimum absolute atomic E-state index is 0.0355. The zero-order valence-corrected chi connectivity index (χ0v) is 12.4. The van der Waals surface area contributed by atoms with Gasteiger partial charge in [0.05, 0.1) is 0 Å². The van der Waals surface area contributed by atoms with Crippen molar-refractivity contribution in [2.75, 3.05) is 0 Å². The van der Waals surface area contributed by atoms with E-state index in [4.69, 9.17) is 0 Å². The molecule has 0 aliphatic rings. The number of Topliss-reactive ketones (excluding diaryl/α,β-unsaturated/α-hetero) is 1. The fraction of sp³-hybridized carbons (Fsp3) is 0.353. The topological polar surface area (TPSA) is 17.1 Å². The maximum absolute atomic E-state index is 12.4. The molecule has 1 nitrogen and oxygen atoms in total. The van der Waals surface area contributed by atoms with E-state index in [0.29, 0.717) is 12.2 Å². The Morgan fingerprint density at radius 2 is 1.74 bits per heavy atom. The zero-order chi connectivity index (χ0) is 13.7. The Morgan fingerprint density at radius 3 is 2.32 bits per heavy atom. The van der Waals surface area contributed by atoms with E-state index in [2.05, 4.69) is 38.1 Å². The Hall–Kier alpha value is -1.41. The van der Waals surface area contributed by atoms with Crippen molar-refractivity contribution in [1.82, 2.24) is 0 Å². The van der Waals surface area contributed by atoms with Crippen molar-refractivity contribution in [3.05, 3.63) is 57.8 Å². The molecule has 0 radical (unpaired) electrons. The molecule has 2 aromatic rings. The van der Waals surface area contributed by atoms with E-state index in [9.17, 15) is 4.79 Å². The fourth-order valence-electron chi connectivity index (χ4n) is 2.34. The Labute approximate surface area is 119 Å². The van der Waals surface area contributed by atoms with Crippen LogP contribution in [0, 0.1) is 0 Å². The number of hydrogen-bond donors (Lipinski definition) is 0. The van der Waals surface area contributed by atoms with Gasteiger partial charge in [0, 0.05) is 22.1 Å². The van der Waals surface area contributed by atoms with E-state index < -0.39 is 0 Å². The van der Waals surface area contributed by atoms with Gasteiger partial charge in [-0.2, -0.15) is 0 Å². The van der Waals surface area contributed by atoms with Crippen molar-refractivity contribution in [1.29, 1.82) is 0 Å². The molecule has 0 aliphatic carbocycles. The Bertz CT molecular complexity index is 527. The van der Waals surface area contributed by atoms with E-state index >= 15 is 0 Å². The van der Waals surface area contributed by atoms with E-state index in [0.717, 1.165) is 18.4 Å². The highest BCUT2D eigenvalue weighted by molar-refractivity contribution is 7.12. The number of carbonyl (C=O) groups excluding carboxylic acids is 1. The molecule has 1 aromatic heterocycles. The van der Waals surface area contributed by atoms with Gasteiger partial charge >= 0.3 is 0 Å². The van der Waals surface area contributed by atoms with Gasteiger partial charge in [0.15, 0.2) is 0 Å². The van der Waals surface area contributed by atoms with Crippen LogP contribution in [-0.2, 0) is 17.6 Å². The summed E-state index contributed by atoms with van der Waals surface area (Å²) < 4.78 is 0. The average molecular weight is 272 g/mol. The molecule has 100 valence electrons. The van der Waals surface area contributed by atoms with Gasteiger partial charge in [0.2, 0.25) is 0 Å². The van der Waals surface area contributed by atoms with Crippen LogP contribution in [0.2, 0.25) is 0 Å². The van der Waals surface area contributed by atoms with Crippen LogP contribution in [0.25, 0.3) is 0 Å². The normalized spacial score (nSPS) is 12.3. The van der Waals surface area contributed by atoms with Crippen LogP contribution in [0.15, 0.2) is 42.5 Å². The van der Waals surface area contributed by atoms with E-state index in [1.165, 1.54) is 9.75 Å². The molecule has 2 heteroatoms. The van der Waals surface area contributed by atoms with Crippen LogP contribution in [-0.4, -0.2) is 5.78 Å². The molecule has 0 saturated carbocycles. The molecule has 19 heavy (non-hydrogen) atoms. The second-order valence-electron chi connectivity index (χ2n) is 4.74. The van der Waals surface area contributed by atoms with Crippen LogP contribution >= 0.6 is 11.3 Å². The summed E-state index contributed by atoms with van der Waals surface area (Å²) in [5.74, 6) is 0.367. The lowest BCUT2D eigenvalue weighted by atomic mass is 9.90. The Morgan fingerprint density at radius 1 is 1.05 bits per heavy atom. The van der Waals surface area contributed by atoms with Crippen LogP contribution in [0.1, 0.15) is 41.5 Å². The Kier molecular flexibility index (Phi) is 4.92. The third-order valence-electron chi connectivity index (χ3n) is 3.41. The largest absolute Gasteiger partial charge is 0.299 e. The van der Waals surface area contributed by atoms with Gasteiger partial charge in [-0.05, 0) is 30.5 Å². The van der Waals surface area contributed by atoms with Crippen LogP contribution < -0.4 is 0 Å². The molecule has 0 aliphatic heterocycles. The molecule has 1 atom stereocenters. The summed E-state index contributed by atoms with van der Waals surface area (Å²) in [5, 5.41) is 0. The monoisotopic (exact) mass is 272 g/mol. The molecule has 0 N–H and O–H groups in total. The molecule has 0 spiro atoms. The second kappa shape index (κ2) is 6.67. The number of carbonyl (C=O) groups is 1. The maximum atomic E-state index is 12.4. The van der Waals surface area contributed by atoms with E-state index in [-0.39, 0.29) is 5.92 Å². The van der Waals surface area contributed by atoms with Gasteiger partial charge in [-0.25, -0.2) is 0 Å². The standard InChI is InChI=1S/C17H20OS/c1-3-14-10-11-15(19-14)12-17(18)16(4-2)13-8-6-5-7-9-13/h5-11,16H,3-4,12H2,1-2H3. The number of aryl methyl sites for hydroxylation is 1. The maximum Gasteiger partial charge on any atom is 0.145 e. The van der Waals surface area contributed by atoms with Crippen molar-refractivity contribution >= 4 is 17.1 Å². The quantitative estimate of drug-likeness (QED) is 0.750. The molecule has 0 bridgehead atoms. The first-order valence-corrected chi connectivity index (χ1v) is 7.71. The summed E-state index contributed by atoms with van der Waals surface area (Å²) in [6, 6.07) is 14.3. The molecule has 1 aromatic carbocycles. The molecule has 1 heterocycles. The molecule has 1 unspecified atom stereocenters. The summed E-state index contributed by atoms with van der Waals surface area (Å²) in [6.07, 6.45) is 2.49. The summed E-state index contributed by atoms with van der Waals surface area (Å²) in [5.41, 5.74) is 1.14. The van der Waals surface area contributed by atoms with Gasteiger partial charge in [0.25, 0.3) is 0 Å². The number of thiophene rings is 1. The summed E-state index contributed by atoms with van der Waals surface area (Å²) >= 11 is 1.76.